The molecule has 0 spiro atoms. The third kappa shape index (κ3) is 2.90. The Labute approximate surface area is 158 Å². The fraction of sp³-hybridized carbons (Fsp3) is 0.529. The first-order valence-corrected chi connectivity index (χ1v) is 8.05. The molecule has 3 rings (SSSR count). The smallest absolute Gasteiger partial charge is 0.311 e. The fourth-order valence-corrected chi connectivity index (χ4v) is 2.82. The number of fused-ring (bicyclic) bond motifs is 1. The van der Waals surface area contributed by atoms with Crippen LogP contribution >= 0.6 is 0 Å². The minimum atomic E-state index is -3.08. The number of hydrogen-bond donors (Lipinski definition) is 4. The summed E-state index contributed by atoms with van der Waals surface area (Å²) in [6.07, 6.45) is -4.46. The van der Waals surface area contributed by atoms with Gasteiger partial charge in [-0.2, -0.15) is 5.26 Å². The van der Waals surface area contributed by atoms with Gasteiger partial charge in [0.1, 0.15) is 30.1 Å². The van der Waals surface area contributed by atoms with E-state index in [2.05, 4.69) is 10.1 Å². The van der Waals surface area contributed by atoms with Gasteiger partial charge in [0, 0.05) is 0 Å². The lowest BCUT2D eigenvalue weighted by Gasteiger charge is -2.30. The number of aromatic nitrogens is 3. The second-order valence-electron chi connectivity index (χ2n) is 7.18. The SMILES string of the molecule is [2H]c1cc([C@]2(C#N)O[C@H](C([2H])([2H])O)[C@@H](O)[C@H]2OC(=O)C(C)(C)C)n2[nH]cnc(=N)c12. The van der Waals surface area contributed by atoms with Gasteiger partial charge in [0.15, 0.2) is 11.6 Å². The maximum absolute atomic E-state index is 12.5. The average molecular weight is 378 g/mol. The third-order valence-electron chi connectivity index (χ3n) is 4.27. The van der Waals surface area contributed by atoms with Crippen molar-refractivity contribution in [1.29, 1.82) is 10.7 Å². The number of nitrogens with one attached hydrogen (secondary N) is 2. The molecule has 0 unspecified atom stereocenters. The number of hydrogen-bond acceptors (Lipinski definition) is 8. The number of carbonyl (C=O) groups excluding carboxylic acids is 1. The normalized spacial score (nSPS) is 30.4. The molecule has 0 saturated carbocycles. The predicted molar refractivity (Wildman–Crippen MR) is 90.0 cm³/mol. The predicted octanol–water partition coefficient (Wildman–Crippen LogP) is -0.429. The van der Waals surface area contributed by atoms with Crippen molar-refractivity contribution in [2.45, 2.75) is 44.7 Å². The van der Waals surface area contributed by atoms with Crippen LogP contribution in [-0.4, -0.2) is 55.7 Å². The van der Waals surface area contributed by atoms with Crippen LogP contribution in [0.25, 0.3) is 5.52 Å². The van der Waals surface area contributed by atoms with Crippen molar-refractivity contribution in [1.82, 2.24) is 14.6 Å². The van der Waals surface area contributed by atoms with Crippen molar-refractivity contribution in [2.75, 3.05) is 6.56 Å². The molecule has 3 heterocycles. The van der Waals surface area contributed by atoms with Gasteiger partial charge in [0.05, 0.1) is 21.8 Å². The molecular weight excluding hydrogens is 354 g/mol. The Balaban J connectivity index is 2.26. The van der Waals surface area contributed by atoms with Crippen LogP contribution in [0, 0.1) is 22.2 Å². The van der Waals surface area contributed by atoms with E-state index in [0.717, 1.165) is 16.9 Å². The van der Waals surface area contributed by atoms with Gasteiger partial charge < -0.3 is 19.7 Å². The summed E-state index contributed by atoms with van der Waals surface area (Å²) < 4.78 is 35.3. The number of rotatable bonds is 3. The summed E-state index contributed by atoms with van der Waals surface area (Å²) in [7, 11) is 0. The molecule has 10 nitrogen and oxygen atoms in total. The van der Waals surface area contributed by atoms with E-state index >= 15 is 0 Å². The Kier molecular flexibility index (Phi) is 3.66. The Morgan fingerprint density at radius 3 is 3.00 bits per heavy atom. The molecule has 10 heteroatoms. The van der Waals surface area contributed by atoms with Gasteiger partial charge in [-0.3, -0.25) is 19.8 Å². The molecule has 1 saturated heterocycles. The first kappa shape index (κ1) is 15.3. The first-order chi connectivity index (χ1) is 13.7. The summed E-state index contributed by atoms with van der Waals surface area (Å²) in [6, 6.07) is 2.77. The third-order valence-corrected chi connectivity index (χ3v) is 4.27. The van der Waals surface area contributed by atoms with Gasteiger partial charge in [-0.25, -0.2) is 4.98 Å². The van der Waals surface area contributed by atoms with Gasteiger partial charge in [-0.05, 0) is 32.9 Å². The second kappa shape index (κ2) is 6.45. The summed E-state index contributed by atoms with van der Waals surface area (Å²) in [5, 5.41) is 41.1. The van der Waals surface area contributed by atoms with Gasteiger partial charge in [0.2, 0.25) is 5.60 Å². The Morgan fingerprint density at radius 1 is 1.70 bits per heavy atom. The van der Waals surface area contributed by atoms with Crippen LogP contribution in [0.5, 0.6) is 0 Å². The Morgan fingerprint density at radius 2 is 2.41 bits per heavy atom. The van der Waals surface area contributed by atoms with E-state index in [1.54, 1.807) is 20.8 Å². The first-order valence-electron chi connectivity index (χ1n) is 9.55. The van der Waals surface area contributed by atoms with Crippen molar-refractivity contribution >= 4 is 11.5 Å². The molecule has 0 bridgehead atoms. The molecule has 144 valence electrons. The molecule has 4 atom stereocenters. The lowest BCUT2D eigenvalue weighted by molar-refractivity contribution is -0.169. The summed E-state index contributed by atoms with van der Waals surface area (Å²) in [5.41, 5.74) is -3.75. The summed E-state index contributed by atoms with van der Waals surface area (Å²) >= 11 is 0. The zero-order valence-corrected chi connectivity index (χ0v) is 14.8. The lowest BCUT2D eigenvalue weighted by Crippen LogP contribution is -2.46. The molecule has 2 aromatic heterocycles. The van der Waals surface area contributed by atoms with Crippen LogP contribution in [-0.2, 0) is 19.9 Å². The number of nitrogens with zero attached hydrogens (tertiary/aromatic N) is 3. The number of ether oxygens (including phenoxy) is 2. The second-order valence-corrected chi connectivity index (χ2v) is 7.18. The highest BCUT2D eigenvalue weighted by Crippen LogP contribution is 2.42. The zero-order chi connectivity index (χ0) is 22.6. The van der Waals surface area contributed by atoms with Gasteiger partial charge in [-0.15, -0.1) is 0 Å². The molecule has 2 aromatic rings. The molecule has 1 fully saturated rings. The van der Waals surface area contributed by atoms with Crippen molar-refractivity contribution in [3.63, 3.8) is 0 Å². The molecule has 0 radical (unpaired) electrons. The Bertz CT molecular complexity index is 1100. The molecule has 0 amide bonds. The highest BCUT2D eigenvalue weighted by molar-refractivity contribution is 5.75. The van der Waals surface area contributed by atoms with Gasteiger partial charge >= 0.3 is 5.97 Å². The van der Waals surface area contributed by atoms with E-state index in [1.807, 2.05) is 6.07 Å². The van der Waals surface area contributed by atoms with Gasteiger partial charge in [-0.1, -0.05) is 0 Å². The minimum absolute atomic E-state index is 0.0171. The zero-order valence-electron chi connectivity index (χ0n) is 17.8. The van der Waals surface area contributed by atoms with Crippen molar-refractivity contribution in [3.05, 3.63) is 29.6 Å². The van der Waals surface area contributed by atoms with Crippen LogP contribution in [0.15, 0.2) is 18.4 Å². The van der Waals surface area contributed by atoms with E-state index in [-0.39, 0.29) is 22.7 Å². The Hall–Kier alpha value is -2.74. The molecular formula is C17H21N5O5. The number of esters is 1. The lowest BCUT2D eigenvalue weighted by atomic mass is 9.91. The molecule has 0 aromatic carbocycles. The maximum Gasteiger partial charge on any atom is 0.311 e. The molecule has 4 N–H and O–H groups in total. The number of nitriles is 1. The monoisotopic (exact) mass is 378 g/mol. The fourth-order valence-electron chi connectivity index (χ4n) is 2.82. The van der Waals surface area contributed by atoms with Crippen LogP contribution in [0.1, 0.15) is 30.6 Å². The quantitative estimate of drug-likeness (QED) is 0.528. The maximum atomic E-state index is 12.5. The molecule has 1 aliphatic rings. The van der Waals surface area contributed by atoms with E-state index in [1.165, 1.54) is 0 Å². The minimum Gasteiger partial charge on any atom is -0.454 e. The number of aliphatic hydroxyl groups excluding tert-OH is 1. The summed E-state index contributed by atoms with van der Waals surface area (Å²) in [5.74, 6) is -0.798. The summed E-state index contributed by atoms with van der Waals surface area (Å²) in [4.78, 5) is 16.3. The van der Waals surface area contributed by atoms with E-state index in [9.17, 15) is 20.3 Å². The largest absolute Gasteiger partial charge is 0.454 e. The molecule has 1 aliphatic heterocycles. The number of H-pyrrole nitrogens is 1. The summed E-state index contributed by atoms with van der Waals surface area (Å²) in [6.45, 7) is 1.57. The highest BCUT2D eigenvalue weighted by atomic mass is 16.6. The van der Waals surface area contributed by atoms with Crippen LogP contribution in [0.2, 0.25) is 0 Å². The topological polar surface area (TPSA) is 157 Å². The number of carbonyl (C=O) groups is 1. The van der Waals surface area contributed by atoms with E-state index < -0.39 is 41.9 Å². The number of aromatic amines is 1. The van der Waals surface area contributed by atoms with Gasteiger partial charge in [0.25, 0.3) is 0 Å². The molecule has 27 heavy (non-hydrogen) atoms. The standard InChI is InChI=1S/C17H21N5O5/c1-16(2,3)15(25)26-13-12(24)10(6-23)27-17(13,7-18)11-5-4-9-14(19)20-8-21-22(9)11/h4-5,8,10,12-13,23-24H,6H2,1-3H3,(H2,19,20,21)/t10-,12-,13-,17+/m1/s1/i4D,6D2. The number of aliphatic hydroxyl groups is 2. The average Bonchev–Trinajstić information content (AvgIpc) is 3.11. The van der Waals surface area contributed by atoms with Crippen LogP contribution < -0.4 is 5.49 Å². The van der Waals surface area contributed by atoms with Crippen molar-refractivity contribution < 1.29 is 28.6 Å². The van der Waals surface area contributed by atoms with Crippen molar-refractivity contribution in [3.8, 4) is 6.07 Å². The van der Waals surface area contributed by atoms with Crippen LogP contribution in [0.4, 0.5) is 0 Å². The van der Waals surface area contributed by atoms with Crippen LogP contribution in [0.3, 0.4) is 0 Å². The highest BCUT2D eigenvalue weighted by Gasteiger charge is 2.60. The molecule has 0 aliphatic carbocycles. The van der Waals surface area contributed by atoms with E-state index in [0.29, 0.717) is 0 Å². The van der Waals surface area contributed by atoms with E-state index in [4.69, 9.17) is 19.0 Å². The van der Waals surface area contributed by atoms with Crippen molar-refractivity contribution in [2.24, 2.45) is 5.41 Å².